The topological polar surface area (TPSA) is 87.2 Å². The minimum Gasteiger partial charge on any atom is -0.444 e. The maximum Gasteiger partial charge on any atom is 0.410 e. The number of hydrogen-bond donors (Lipinski definition) is 0. The monoisotopic (exact) mass is 441 g/mol. The van der Waals surface area contributed by atoms with Crippen molar-refractivity contribution < 1.29 is 26.6 Å². The molecule has 0 bridgehead atoms. The molecule has 1 atom stereocenters. The van der Waals surface area contributed by atoms with Crippen LogP contribution in [-0.2, 0) is 19.8 Å². The molecule has 8 nitrogen and oxygen atoms in total. The third-order valence-corrected chi connectivity index (χ3v) is 5.95. The van der Waals surface area contributed by atoms with Crippen molar-refractivity contribution in [3.05, 3.63) is 24.3 Å². The number of carbonyl (C=O) groups excluding carboxylic acids is 2. The molecule has 1 unspecified atom stereocenters. The van der Waals surface area contributed by atoms with Gasteiger partial charge in [0.1, 0.15) is 5.60 Å². The van der Waals surface area contributed by atoms with Gasteiger partial charge in [0.25, 0.3) is 0 Å². The fourth-order valence-electron chi connectivity index (χ4n) is 3.82. The van der Waals surface area contributed by atoms with Crippen molar-refractivity contribution in [3.8, 4) is 0 Å². The molecule has 2 aliphatic rings. The van der Waals surface area contributed by atoms with Gasteiger partial charge in [-0.25, -0.2) is 4.79 Å². The van der Waals surface area contributed by atoms with Gasteiger partial charge in [0.2, 0.25) is 5.91 Å². The number of nitrogens with zero attached hydrogens (tertiary/aromatic N) is 3. The minimum absolute atomic E-state index is 0.00387. The summed E-state index contributed by atoms with van der Waals surface area (Å²) in [6, 6.07) is 7.37. The Kier molecular flexibility index (Phi) is 6.26. The molecule has 2 fully saturated rings. The highest BCUT2D eigenvalue weighted by Gasteiger charge is 2.35. The summed E-state index contributed by atoms with van der Waals surface area (Å²) in [6.07, 6.45) is -0.343. The van der Waals surface area contributed by atoms with E-state index < -0.39 is 27.5 Å². The average Bonchev–Trinajstić information content (AvgIpc) is 2.98. The number of para-hydroxylation sites is 2. The molecule has 0 saturated carbocycles. The van der Waals surface area contributed by atoms with Crippen molar-refractivity contribution in [1.82, 2.24) is 4.90 Å². The lowest BCUT2D eigenvalue weighted by Crippen LogP contribution is -2.50. The van der Waals surface area contributed by atoms with E-state index in [1.807, 2.05) is 39.0 Å². The second-order valence-electron chi connectivity index (χ2n) is 8.72. The maximum atomic E-state index is 13.1. The Bertz CT molecular complexity index is 907. The summed E-state index contributed by atoms with van der Waals surface area (Å²) < 4.78 is 40.4. The highest BCUT2D eigenvalue weighted by atomic mass is 32.3. The Balaban J connectivity index is 1.70. The van der Waals surface area contributed by atoms with Crippen molar-refractivity contribution in [3.63, 3.8) is 0 Å². The molecule has 2 amide bonds. The highest BCUT2D eigenvalue weighted by molar-refractivity contribution is 7.86. The van der Waals surface area contributed by atoms with Gasteiger partial charge in [-0.15, -0.1) is 3.89 Å². The number of ether oxygens (including phenoxy) is 1. The Hall–Kier alpha value is -2.36. The van der Waals surface area contributed by atoms with E-state index in [9.17, 15) is 21.9 Å². The fraction of sp³-hybridized carbons (Fsp3) is 0.600. The summed E-state index contributed by atoms with van der Waals surface area (Å²) in [4.78, 5) is 30.1. The SMILES string of the molecule is CC(C)(C)OC(=O)N1CCN(c2ccccc2N2CC(CS(=O)(=O)F)CC2=O)CC1. The van der Waals surface area contributed by atoms with E-state index in [-0.39, 0.29) is 25.0 Å². The van der Waals surface area contributed by atoms with Gasteiger partial charge in [-0.2, -0.15) is 8.42 Å². The summed E-state index contributed by atoms with van der Waals surface area (Å²) in [5.41, 5.74) is 0.950. The molecule has 2 heterocycles. The van der Waals surface area contributed by atoms with Crippen LogP contribution in [0.1, 0.15) is 27.2 Å². The Labute approximate surface area is 176 Å². The minimum atomic E-state index is -4.63. The average molecular weight is 442 g/mol. The lowest BCUT2D eigenvalue weighted by Gasteiger charge is -2.38. The van der Waals surface area contributed by atoms with Gasteiger partial charge >= 0.3 is 16.3 Å². The Morgan fingerprint density at radius 2 is 1.73 bits per heavy atom. The van der Waals surface area contributed by atoms with Gasteiger partial charge in [-0.1, -0.05) is 12.1 Å². The predicted octanol–water partition coefficient (Wildman–Crippen LogP) is 2.40. The van der Waals surface area contributed by atoms with Gasteiger partial charge in [0.15, 0.2) is 0 Å². The molecule has 10 heteroatoms. The van der Waals surface area contributed by atoms with Crippen LogP contribution in [0, 0.1) is 5.92 Å². The molecule has 2 saturated heterocycles. The highest BCUT2D eigenvalue weighted by Crippen LogP contribution is 2.34. The van der Waals surface area contributed by atoms with E-state index in [0.29, 0.717) is 31.9 Å². The number of rotatable bonds is 4. The molecule has 3 rings (SSSR count). The zero-order valence-electron chi connectivity index (χ0n) is 17.5. The van der Waals surface area contributed by atoms with Crippen LogP contribution in [0.5, 0.6) is 0 Å². The number of anilines is 2. The third kappa shape index (κ3) is 5.62. The Morgan fingerprint density at radius 1 is 1.13 bits per heavy atom. The van der Waals surface area contributed by atoms with Crippen molar-refractivity contribution in [1.29, 1.82) is 0 Å². The molecule has 0 radical (unpaired) electrons. The second kappa shape index (κ2) is 8.41. The van der Waals surface area contributed by atoms with Crippen LogP contribution >= 0.6 is 0 Å². The van der Waals surface area contributed by atoms with Crippen LogP contribution in [0.2, 0.25) is 0 Å². The van der Waals surface area contributed by atoms with Crippen LogP contribution in [-0.4, -0.2) is 69.4 Å². The standard InChI is InChI=1S/C20H28FN3O5S/c1-20(2,3)29-19(26)23-10-8-22(9-11-23)16-6-4-5-7-17(16)24-13-15(12-18(24)25)14-30(21,27)28/h4-7,15H,8-14H2,1-3H3. The third-order valence-electron chi connectivity index (χ3n) is 5.08. The zero-order chi connectivity index (χ0) is 22.1. The molecule has 0 aromatic heterocycles. The largest absolute Gasteiger partial charge is 0.444 e. The number of hydrogen-bond acceptors (Lipinski definition) is 6. The van der Waals surface area contributed by atoms with Gasteiger partial charge < -0.3 is 19.4 Å². The van der Waals surface area contributed by atoms with E-state index in [1.165, 1.54) is 4.90 Å². The van der Waals surface area contributed by atoms with E-state index in [1.54, 1.807) is 11.0 Å². The van der Waals surface area contributed by atoms with Crippen molar-refractivity contribution in [2.75, 3.05) is 48.3 Å². The predicted molar refractivity (Wildman–Crippen MR) is 112 cm³/mol. The van der Waals surface area contributed by atoms with Crippen LogP contribution in [0.3, 0.4) is 0 Å². The number of piperazine rings is 1. The quantitative estimate of drug-likeness (QED) is 0.667. The van der Waals surface area contributed by atoms with Gasteiger partial charge in [0.05, 0.1) is 17.1 Å². The lowest BCUT2D eigenvalue weighted by atomic mass is 10.1. The first-order valence-electron chi connectivity index (χ1n) is 9.97. The smallest absolute Gasteiger partial charge is 0.410 e. The summed E-state index contributed by atoms with van der Waals surface area (Å²) in [5, 5.41) is 0. The van der Waals surface area contributed by atoms with E-state index >= 15 is 0 Å². The molecule has 1 aromatic carbocycles. The zero-order valence-corrected chi connectivity index (χ0v) is 18.3. The van der Waals surface area contributed by atoms with Crippen LogP contribution in [0.4, 0.5) is 20.1 Å². The van der Waals surface area contributed by atoms with Gasteiger partial charge in [0, 0.05) is 45.1 Å². The normalized spacial score (nSPS) is 20.6. The van der Waals surface area contributed by atoms with Crippen LogP contribution in [0.15, 0.2) is 24.3 Å². The number of carbonyl (C=O) groups is 2. The molecule has 0 spiro atoms. The van der Waals surface area contributed by atoms with Crippen molar-refractivity contribution >= 4 is 33.6 Å². The molecule has 166 valence electrons. The van der Waals surface area contributed by atoms with E-state index in [2.05, 4.69) is 4.90 Å². The first-order valence-corrected chi connectivity index (χ1v) is 11.5. The number of benzene rings is 1. The van der Waals surface area contributed by atoms with Crippen LogP contribution in [0.25, 0.3) is 0 Å². The molecule has 0 aliphatic carbocycles. The first-order chi connectivity index (χ1) is 13.9. The summed E-state index contributed by atoms with van der Waals surface area (Å²) in [5.74, 6) is -1.43. The molecule has 2 aliphatic heterocycles. The maximum absolute atomic E-state index is 13.1. The molecular weight excluding hydrogens is 413 g/mol. The first kappa shape index (κ1) is 22.3. The van der Waals surface area contributed by atoms with Gasteiger partial charge in [-0.05, 0) is 32.9 Å². The lowest BCUT2D eigenvalue weighted by molar-refractivity contribution is -0.117. The molecular formula is C20H28FN3O5S. The van der Waals surface area contributed by atoms with Gasteiger partial charge in [-0.3, -0.25) is 4.79 Å². The number of amides is 2. The molecule has 30 heavy (non-hydrogen) atoms. The van der Waals surface area contributed by atoms with Crippen molar-refractivity contribution in [2.24, 2.45) is 5.92 Å². The molecule has 1 aromatic rings. The van der Waals surface area contributed by atoms with E-state index in [0.717, 1.165) is 5.69 Å². The Morgan fingerprint density at radius 3 is 2.30 bits per heavy atom. The van der Waals surface area contributed by atoms with E-state index in [4.69, 9.17) is 4.74 Å². The van der Waals surface area contributed by atoms with Crippen molar-refractivity contribution in [2.45, 2.75) is 32.8 Å². The number of halogens is 1. The van der Waals surface area contributed by atoms with Crippen LogP contribution < -0.4 is 9.80 Å². The second-order valence-corrected chi connectivity index (χ2v) is 10.1. The molecule has 0 N–H and O–H groups in total. The summed E-state index contributed by atoms with van der Waals surface area (Å²) in [7, 11) is -4.63. The summed E-state index contributed by atoms with van der Waals surface area (Å²) >= 11 is 0. The fourth-order valence-corrected chi connectivity index (χ4v) is 4.61. The summed E-state index contributed by atoms with van der Waals surface area (Å²) in [6.45, 7) is 7.75.